The summed E-state index contributed by atoms with van der Waals surface area (Å²) >= 11 is 7.41. The van der Waals surface area contributed by atoms with E-state index in [-0.39, 0.29) is 5.69 Å². The van der Waals surface area contributed by atoms with E-state index in [1.54, 1.807) is 7.05 Å². The molecular formula is C10H11ClN4OS. The van der Waals surface area contributed by atoms with Crippen LogP contribution in [0.4, 0.5) is 0 Å². The molecule has 0 saturated carbocycles. The Morgan fingerprint density at radius 1 is 1.59 bits per heavy atom. The van der Waals surface area contributed by atoms with Gasteiger partial charge in [-0.1, -0.05) is 17.7 Å². The van der Waals surface area contributed by atoms with Crippen LogP contribution in [0.1, 0.15) is 5.56 Å². The molecule has 0 fully saturated rings. The summed E-state index contributed by atoms with van der Waals surface area (Å²) in [7, 11) is 1.66. The standard InChI is InChI=1S/C10H11ClN4OS/c1-15-9(16)13-14-10(15)17-7-3-2-6(5-12)8(11)4-7/h2-4H,5,12H2,1H3,(H,13,16). The third-order valence-electron chi connectivity index (χ3n) is 2.29. The fourth-order valence-electron chi connectivity index (χ4n) is 1.29. The maximum Gasteiger partial charge on any atom is 0.343 e. The van der Waals surface area contributed by atoms with Crippen LogP contribution in [-0.4, -0.2) is 14.8 Å². The SMILES string of the molecule is Cn1c(Sc2ccc(CN)c(Cl)c2)n[nH]c1=O. The molecule has 0 amide bonds. The van der Waals surface area contributed by atoms with Crippen LogP contribution in [0.25, 0.3) is 0 Å². The zero-order valence-corrected chi connectivity index (χ0v) is 10.7. The van der Waals surface area contributed by atoms with Crippen molar-refractivity contribution < 1.29 is 0 Å². The highest BCUT2D eigenvalue weighted by Gasteiger charge is 2.07. The molecular weight excluding hydrogens is 260 g/mol. The first-order chi connectivity index (χ1) is 8.11. The zero-order valence-electron chi connectivity index (χ0n) is 9.11. The zero-order chi connectivity index (χ0) is 12.4. The first kappa shape index (κ1) is 12.2. The first-order valence-electron chi connectivity index (χ1n) is 4.89. The molecule has 1 aromatic heterocycles. The minimum absolute atomic E-state index is 0.239. The van der Waals surface area contributed by atoms with Crippen molar-refractivity contribution in [1.29, 1.82) is 0 Å². The molecule has 0 saturated heterocycles. The molecule has 90 valence electrons. The van der Waals surface area contributed by atoms with Gasteiger partial charge in [-0.05, 0) is 29.5 Å². The second-order valence-corrected chi connectivity index (χ2v) is 4.88. The summed E-state index contributed by atoms with van der Waals surface area (Å²) in [5, 5.41) is 7.49. The molecule has 5 nitrogen and oxygen atoms in total. The van der Waals surface area contributed by atoms with Crippen molar-refractivity contribution in [2.24, 2.45) is 12.8 Å². The first-order valence-corrected chi connectivity index (χ1v) is 6.09. The van der Waals surface area contributed by atoms with Gasteiger partial charge in [-0.25, -0.2) is 9.89 Å². The van der Waals surface area contributed by atoms with Gasteiger partial charge in [-0.15, -0.1) is 5.10 Å². The Bertz CT molecular complexity index is 592. The summed E-state index contributed by atoms with van der Waals surface area (Å²) in [5.74, 6) is 0. The van der Waals surface area contributed by atoms with Crippen LogP contribution in [-0.2, 0) is 13.6 Å². The summed E-state index contributed by atoms with van der Waals surface area (Å²) in [5.41, 5.74) is 6.18. The Labute approximate surface area is 107 Å². The van der Waals surface area contributed by atoms with Crippen molar-refractivity contribution in [3.05, 3.63) is 39.3 Å². The number of aromatic amines is 1. The Balaban J connectivity index is 2.28. The van der Waals surface area contributed by atoms with E-state index in [2.05, 4.69) is 10.2 Å². The minimum Gasteiger partial charge on any atom is -0.326 e. The summed E-state index contributed by atoms with van der Waals surface area (Å²) < 4.78 is 1.44. The third kappa shape index (κ3) is 2.54. The second kappa shape index (κ2) is 4.95. The molecule has 0 aliphatic rings. The summed E-state index contributed by atoms with van der Waals surface area (Å²) in [6.45, 7) is 0.407. The lowest BCUT2D eigenvalue weighted by Gasteiger charge is -2.04. The average Bonchev–Trinajstić information content (AvgIpc) is 2.61. The molecule has 0 atom stereocenters. The van der Waals surface area contributed by atoms with Gasteiger partial charge in [0.05, 0.1) is 0 Å². The molecule has 7 heteroatoms. The number of halogens is 1. The summed E-state index contributed by atoms with van der Waals surface area (Å²) in [4.78, 5) is 12.1. The maximum atomic E-state index is 11.2. The van der Waals surface area contributed by atoms with Crippen LogP contribution >= 0.6 is 23.4 Å². The van der Waals surface area contributed by atoms with E-state index in [0.717, 1.165) is 10.5 Å². The van der Waals surface area contributed by atoms with Crippen molar-refractivity contribution >= 4 is 23.4 Å². The van der Waals surface area contributed by atoms with Gasteiger partial charge in [-0.2, -0.15) is 0 Å². The monoisotopic (exact) mass is 270 g/mol. The fourth-order valence-corrected chi connectivity index (χ4v) is 2.44. The van der Waals surface area contributed by atoms with E-state index < -0.39 is 0 Å². The van der Waals surface area contributed by atoms with E-state index in [1.165, 1.54) is 16.3 Å². The van der Waals surface area contributed by atoms with E-state index in [1.807, 2.05) is 18.2 Å². The minimum atomic E-state index is -0.239. The number of nitrogens with one attached hydrogen (secondary N) is 1. The number of hydrogen-bond donors (Lipinski definition) is 2. The van der Waals surface area contributed by atoms with Gasteiger partial charge in [0.15, 0.2) is 5.16 Å². The van der Waals surface area contributed by atoms with E-state index in [4.69, 9.17) is 17.3 Å². The molecule has 2 rings (SSSR count). The van der Waals surface area contributed by atoms with Crippen LogP contribution in [0.5, 0.6) is 0 Å². The van der Waals surface area contributed by atoms with Gasteiger partial charge < -0.3 is 5.73 Å². The van der Waals surface area contributed by atoms with E-state index in [9.17, 15) is 4.79 Å². The van der Waals surface area contributed by atoms with Crippen LogP contribution in [0.3, 0.4) is 0 Å². The van der Waals surface area contributed by atoms with Gasteiger partial charge in [0.1, 0.15) is 0 Å². The number of nitrogens with zero attached hydrogens (tertiary/aromatic N) is 2. The lowest BCUT2D eigenvalue weighted by atomic mass is 10.2. The molecule has 1 heterocycles. The molecule has 0 aliphatic heterocycles. The molecule has 17 heavy (non-hydrogen) atoms. The molecule has 0 unspecified atom stereocenters. The largest absolute Gasteiger partial charge is 0.343 e. The van der Waals surface area contributed by atoms with Crippen LogP contribution < -0.4 is 11.4 Å². The van der Waals surface area contributed by atoms with Crippen LogP contribution in [0.2, 0.25) is 5.02 Å². The predicted octanol–water partition coefficient (Wildman–Crippen LogP) is 1.37. The Morgan fingerprint density at radius 3 is 2.88 bits per heavy atom. The predicted molar refractivity (Wildman–Crippen MR) is 67.3 cm³/mol. The van der Waals surface area contributed by atoms with Crippen LogP contribution in [0, 0.1) is 0 Å². The van der Waals surface area contributed by atoms with Crippen molar-refractivity contribution in [1.82, 2.24) is 14.8 Å². The normalized spacial score (nSPS) is 10.8. The second-order valence-electron chi connectivity index (χ2n) is 3.43. The van der Waals surface area contributed by atoms with Gasteiger partial charge in [0, 0.05) is 23.5 Å². The van der Waals surface area contributed by atoms with Crippen molar-refractivity contribution in [2.45, 2.75) is 16.6 Å². The molecule has 0 radical (unpaired) electrons. The molecule has 0 bridgehead atoms. The Morgan fingerprint density at radius 2 is 2.35 bits per heavy atom. The third-order valence-corrected chi connectivity index (χ3v) is 3.68. The highest BCUT2D eigenvalue weighted by atomic mass is 35.5. The Kier molecular flexibility index (Phi) is 3.56. The summed E-state index contributed by atoms with van der Waals surface area (Å²) in [6.07, 6.45) is 0. The van der Waals surface area contributed by atoms with Crippen molar-refractivity contribution in [2.75, 3.05) is 0 Å². The highest BCUT2D eigenvalue weighted by molar-refractivity contribution is 7.99. The molecule has 0 spiro atoms. The number of H-pyrrole nitrogens is 1. The molecule has 3 N–H and O–H groups in total. The van der Waals surface area contributed by atoms with Gasteiger partial charge in [0.2, 0.25) is 0 Å². The lowest BCUT2D eigenvalue weighted by Crippen LogP contribution is -2.12. The summed E-state index contributed by atoms with van der Waals surface area (Å²) in [6, 6.07) is 5.58. The molecule has 0 aliphatic carbocycles. The number of nitrogens with two attached hydrogens (primary N) is 1. The van der Waals surface area contributed by atoms with Gasteiger partial charge >= 0.3 is 5.69 Å². The highest BCUT2D eigenvalue weighted by Crippen LogP contribution is 2.28. The van der Waals surface area contributed by atoms with Gasteiger partial charge in [-0.3, -0.25) is 4.57 Å². The number of benzene rings is 1. The Hall–Kier alpha value is -1.24. The quantitative estimate of drug-likeness (QED) is 0.883. The van der Waals surface area contributed by atoms with E-state index >= 15 is 0 Å². The fraction of sp³-hybridized carbons (Fsp3) is 0.200. The van der Waals surface area contributed by atoms with Gasteiger partial charge in [0.25, 0.3) is 0 Å². The number of aromatic nitrogens is 3. The molecule has 2 aromatic rings. The van der Waals surface area contributed by atoms with Crippen LogP contribution in [0.15, 0.2) is 33.0 Å². The van der Waals surface area contributed by atoms with E-state index in [0.29, 0.717) is 16.7 Å². The van der Waals surface area contributed by atoms with Crippen molar-refractivity contribution in [3.63, 3.8) is 0 Å². The van der Waals surface area contributed by atoms with Crippen molar-refractivity contribution in [3.8, 4) is 0 Å². The number of rotatable bonds is 3. The average molecular weight is 271 g/mol. The number of hydrogen-bond acceptors (Lipinski definition) is 4. The lowest BCUT2D eigenvalue weighted by molar-refractivity contribution is 0.766. The topological polar surface area (TPSA) is 76.7 Å². The maximum absolute atomic E-state index is 11.2. The molecule has 1 aromatic carbocycles. The smallest absolute Gasteiger partial charge is 0.326 e.